The van der Waals surface area contributed by atoms with Crippen molar-refractivity contribution in [3.05, 3.63) is 81.4 Å². The van der Waals surface area contributed by atoms with Crippen LogP contribution in [0.2, 0.25) is 5.02 Å². The first-order valence-electron chi connectivity index (χ1n) is 10.1. The van der Waals surface area contributed by atoms with Crippen LogP contribution >= 0.6 is 11.6 Å². The normalized spacial score (nSPS) is 16.4. The Hall–Kier alpha value is -3.03. The van der Waals surface area contributed by atoms with E-state index in [4.69, 9.17) is 22.1 Å². The third-order valence-corrected chi connectivity index (χ3v) is 5.67. The van der Waals surface area contributed by atoms with Crippen LogP contribution in [0.1, 0.15) is 44.7 Å². The fourth-order valence-corrected chi connectivity index (χ4v) is 3.98. The van der Waals surface area contributed by atoms with E-state index in [1.54, 1.807) is 11.8 Å². The van der Waals surface area contributed by atoms with Crippen molar-refractivity contribution >= 4 is 23.5 Å². The van der Waals surface area contributed by atoms with Crippen LogP contribution < -0.4 is 5.73 Å². The van der Waals surface area contributed by atoms with Crippen LogP contribution in [0, 0.1) is 13.8 Å². The number of aromatic nitrogens is 3. The number of pyridine rings is 1. The van der Waals surface area contributed by atoms with E-state index in [1.807, 2.05) is 43.3 Å². The first-order chi connectivity index (χ1) is 14.9. The van der Waals surface area contributed by atoms with Crippen molar-refractivity contribution in [3.8, 4) is 0 Å². The minimum atomic E-state index is -0.308. The highest BCUT2D eigenvalue weighted by atomic mass is 35.5. The lowest BCUT2D eigenvalue weighted by atomic mass is 10.0. The molecule has 3 aromatic rings. The van der Waals surface area contributed by atoms with Crippen LogP contribution in [-0.4, -0.2) is 45.5 Å². The van der Waals surface area contributed by atoms with Crippen molar-refractivity contribution in [2.24, 2.45) is 0 Å². The molecule has 31 heavy (non-hydrogen) atoms. The first kappa shape index (κ1) is 21.2. The minimum absolute atomic E-state index is 0.130. The summed E-state index contributed by atoms with van der Waals surface area (Å²) in [7, 11) is 0. The van der Waals surface area contributed by atoms with E-state index >= 15 is 0 Å². The second kappa shape index (κ2) is 8.99. The number of hydrogen-bond donors (Lipinski definition) is 1. The summed E-state index contributed by atoms with van der Waals surface area (Å²) in [6, 6.07) is 11.9. The van der Waals surface area contributed by atoms with Gasteiger partial charge in [0.15, 0.2) is 0 Å². The molecule has 7 nitrogen and oxygen atoms in total. The average molecular weight is 438 g/mol. The van der Waals surface area contributed by atoms with E-state index in [9.17, 15) is 4.79 Å². The average Bonchev–Trinajstić information content (AvgIpc) is 2.75. The van der Waals surface area contributed by atoms with Crippen LogP contribution in [0.15, 0.2) is 42.6 Å². The van der Waals surface area contributed by atoms with Crippen LogP contribution in [-0.2, 0) is 11.2 Å². The molecule has 0 bridgehead atoms. The molecule has 1 aliphatic heterocycles. The van der Waals surface area contributed by atoms with Gasteiger partial charge in [0.1, 0.15) is 6.10 Å². The third-order valence-electron chi connectivity index (χ3n) is 5.30. The van der Waals surface area contributed by atoms with E-state index in [0.29, 0.717) is 37.4 Å². The Morgan fingerprint density at radius 3 is 2.84 bits per heavy atom. The third kappa shape index (κ3) is 4.84. The molecular formula is C23H24ClN5O2. The molecule has 0 saturated carbocycles. The van der Waals surface area contributed by atoms with Crippen molar-refractivity contribution in [2.45, 2.75) is 26.4 Å². The van der Waals surface area contributed by atoms with E-state index in [0.717, 1.165) is 27.5 Å². The van der Waals surface area contributed by atoms with Crippen molar-refractivity contribution in [2.75, 3.05) is 25.4 Å². The number of hydrogen-bond acceptors (Lipinski definition) is 6. The van der Waals surface area contributed by atoms with Gasteiger partial charge in [-0.05, 0) is 49.6 Å². The number of carbonyl (C=O) groups excluding carboxylic acids is 1. The van der Waals surface area contributed by atoms with Gasteiger partial charge in [0, 0.05) is 23.5 Å². The van der Waals surface area contributed by atoms with Crippen LogP contribution in [0.3, 0.4) is 0 Å². The molecule has 1 aliphatic rings. The zero-order chi connectivity index (χ0) is 22.0. The zero-order valence-corrected chi connectivity index (χ0v) is 18.3. The molecule has 1 amide bonds. The molecule has 0 spiro atoms. The highest BCUT2D eigenvalue weighted by molar-refractivity contribution is 6.31. The van der Waals surface area contributed by atoms with E-state index < -0.39 is 0 Å². The number of anilines is 1. The summed E-state index contributed by atoms with van der Waals surface area (Å²) in [5.74, 6) is 0.0265. The van der Waals surface area contributed by atoms with Crippen LogP contribution in [0.5, 0.6) is 0 Å². The van der Waals surface area contributed by atoms with Crippen LogP contribution in [0.4, 0.5) is 5.95 Å². The summed E-state index contributed by atoms with van der Waals surface area (Å²) in [4.78, 5) is 27.5. The summed E-state index contributed by atoms with van der Waals surface area (Å²) < 4.78 is 5.98. The number of nitrogens with two attached hydrogens (primary N) is 1. The number of nitrogens with zero attached hydrogens (tertiary/aromatic N) is 4. The lowest BCUT2D eigenvalue weighted by Crippen LogP contribution is -2.42. The molecule has 3 heterocycles. The summed E-state index contributed by atoms with van der Waals surface area (Å²) in [6.07, 6.45) is 1.88. The van der Waals surface area contributed by atoms with Gasteiger partial charge in [-0.25, -0.2) is 9.97 Å². The number of ether oxygens (including phenoxy) is 1. The largest absolute Gasteiger partial charge is 0.368 e. The van der Waals surface area contributed by atoms with Gasteiger partial charge in [-0.15, -0.1) is 0 Å². The van der Waals surface area contributed by atoms with Crippen molar-refractivity contribution in [3.63, 3.8) is 0 Å². The predicted molar refractivity (Wildman–Crippen MR) is 119 cm³/mol. The van der Waals surface area contributed by atoms with E-state index in [-0.39, 0.29) is 18.0 Å². The standard InChI is InChI=1S/C23H24ClN5O2/c1-14-9-16(10-17-5-3-4-6-19(17)24)11-20(27-14)21-13-29(7-8-31-21)22(30)18-12-26-23(25)28-15(18)2/h3-6,9,11-12,21H,7-8,10,13H2,1-2H3,(H2,25,26,28)/t21-/m0/s1. The topological polar surface area (TPSA) is 94.2 Å². The number of nitrogen functional groups attached to an aromatic ring is 1. The van der Waals surface area contributed by atoms with Crippen molar-refractivity contribution in [1.82, 2.24) is 19.9 Å². The lowest BCUT2D eigenvalue weighted by molar-refractivity contribution is -0.0248. The van der Waals surface area contributed by atoms with Crippen molar-refractivity contribution < 1.29 is 9.53 Å². The molecule has 0 radical (unpaired) electrons. The minimum Gasteiger partial charge on any atom is -0.368 e. The fourth-order valence-electron chi connectivity index (χ4n) is 3.77. The number of halogens is 1. The van der Waals surface area contributed by atoms with Gasteiger partial charge in [0.05, 0.1) is 30.1 Å². The van der Waals surface area contributed by atoms with Gasteiger partial charge in [0.25, 0.3) is 5.91 Å². The highest BCUT2D eigenvalue weighted by Crippen LogP contribution is 2.26. The molecule has 0 aliphatic carbocycles. The quantitative estimate of drug-likeness (QED) is 0.671. The summed E-state index contributed by atoms with van der Waals surface area (Å²) in [6.45, 7) is 5.05. The summed E-state index contributed by atoms with van der Waals surface area (Å²) >= 11 is 6.33. The smallest absolute Gasteiger partial charge is 0.257 e. The number of aryl methyl sites for hydroxylation is 2. The number of morpholine rings is 1. The Bertz CT molecular complexity index is 1120. The highest BCUT2D eigenvalue weighted by Gasteiger charge is 2.28. The lowest BCUT2D eigenvalue weighted by Gasteiger charge is -2.33. The Labute approximate surface area is 186 Å². The summed E-state index contributed by atoms with van der Waals surface area (Å²) in [5.41, 5.74) is 10.5. The first-order valence-corrected chi connectivity index (χ1v) is 10.5. The molecule has 160 valence electrons. The Morgan fingerprint density at radius 1 is 1.26 bits per heavy atom. The van der Waals surface area contributed by atoms with Gasteiger partial charge in [0.2, 0.25) is 5.95 Å². The van der Waals surface area contributed by atoms with Gasteiger partial charge >= 0.3 is 0 Å². The molecule has 1 fully saturated rings. The number of benzene rings is 1. The molecule has 2 aromatic heterocycles. The number of rotatable bonds is 4. The zero-order valence-electron chi connectivity index (χ0n) is 17.5. The number of amides is 1. The maximum absolute atomic E-state index is 13.0. The van der Waals surface area contributed by atoms with Gasteiger partial charge in [-0.2, -0.15) is 0 Å². The molecule has 8 heteroatoms. The fraction of sp³-hybridized carbons (Fsp3) is 0.304. The van der Waals surface area contributed by atoms with Crippen LogP contribution in [0.25, 0.3) is 0 Å². The second-order valence-corrected chi connectivity index (χ2v) is 8.05. The predicted octanol–water partition coefficient (Wildman–Crippen LogP) is 3.53. The number of carbonyl (C=O) groups is 1. The monoisotopic (exact) mass is 437 g/mol. The SMILES string of the molecule is Cc1cc(Cc2ccccc2Cl)cc([C@@H]2CN(C(=O)c3cnc(N)nc3C)CCO2)n1. The maximum atomic E-state index is 13.0. The summed E-state index contributed by atoms with van der Waals surface area (Å²) in [5, 5.41) is 0.741. The second-order valence-electron chi connectivity index (χ2n) is 7.65. The molecular weight excluding hydrogens is 414 g/mol. The van der Waals surface area contributed by atoms with Gasteiger partial charge < -0.3 is 15.4 Å². The molecule has 1 atom stereocenters. The molecule has 1 aromatic carbocycles. The van der Waals surface area contributed by atoms with Gasteiger partial charge in [-0.3, -0.25) is 9.78 Å². The Balaban J connectivity index is 1.55. The van der Waals surface area contributed by atoms with Gasteiger partial charge in [-0.1, -0.05) is 29.8 Å². The Morgan fingerprint density at radius 2 is 2.06 bits per heavy atom. The molecule has 2 N–H and O–H groups in total. The molecule has 1 saturated heterocycles. The van der Waals surface area contributed by atoms with E-state index in [2.05, 4.69) is 15.0 Å². The van der Waals surface area contributed by atoms with Crippen molar-refractivity contribution in [1.29, 1.82) is 0 Å². The Kier molecular flexibility index (Phi) is 6.15. The molecule has 0 unspecified atom stereocenters. The van der Waals surface area contributed by atoms with E-state index in [1.165, 1.54) is 6.20 Å². The maximum Gasteiger partial charge on any atom is 0.257 e. The molecule has 4 rings (SSSR count).